The average Bonchev–Trinajstić information content (AvgIpc) is 2.62. The van der Waals surface area contributed by atoms with E-state index in [-0.39, 0.29) is 23.6 Å². The Morgan fingerprint density at radius 3 is 2.36 bits per heavy atom. The molecule has 0 amide bonds. The highest BCUT2D eigenvalue weighted by molar-refractivity contribution is 7.92. The van der Waals surface area contributed by atoms with E-state index in [9.17, 15) is 13.2 Å². The Morgan fingerprint density at radius 2 is 1.79 bits per heavy atom. The first-order valence-electron chi connectivity index (χ1n) is 8.59. The normalized spacial score (nSPS) is 10.9. The van der Waals surface area contributed by atoms with E-state index in [0.29, 0.717) is 16.8 Å². The SMILES string of the molecule is Cc1ccc(N(CCC#N)S(=O)(=O)c2ccc(C)c(OCC(=O)O)c2C)cc1. The fourth-order valence-corrected chi connectivity index (χ4v) is 4.50. The van der Waals surface area contributed by atoms with Gasteiger partial charge in [0.2, 0.25) is 0 Å². The van der Waals surface area contributed by atoms with Crippen LogP contribution in [0, 0.1) is 32.1 Å². The largest absolute Gasteiger partial charge is 0.481 e. The van der Waals surface area contributed by atoms with Crippen molar-refractivity contribution in [3.63, 3.8) is 0 Å². The Morgan fingerprint density at radius 1 is 1.14 bits per heavy atom. The van der Waals surface area contributed by atoms with Gasteiger partial charge in [-0.3, -0.25) is 4.31 Å². The van der Waals surface area contributed by atoms with Crippen LogP contribution in [-0.4, -0.2) is 32.6 Å². The Hall–Kier alpha value is -3.05. The summed E-state index contributed by atoms with van der Waals surface area (Å²) in [6.45, 7) is 4.62. The summed E-state index contributed by atoms with van der Waals surface area (Å²) in [6.07, 6.45) is 0.0282. The molecular weight excluding hydrogens is 380 g/mol. The quantitative estimate of drug-likeness (QED) is 0.726. The summed E-state index contributed by atoms with van der Waals surface area (Å²) in [5.74, 6) is -0.921. The minimum absolute atomic E-state index is 0.000523. The molecule has 0 aliphatic rings. The number of carbonyl (C=O) groups is 1. The van der Waals surface area contributed by atoms with Crippen LogP contribution in [0.2, 0.25) is 0 Å². The third-order valence-corrected chi connectivity index (χ3v) is 6.18. The van der Waals surface area contributed by atoms with Gasteiger partial charge in [-0.05, 0) is 44.5 Å². The van der Waals surface area contributed by atoms with Crippen molar-refractivity contribution in [1.82, 2.24) is 0 Å². The highest BCUT2D eigenvalue weighted by Gasteiger charge is 2.28. The first kappa shape index (κ1) is 21.3. The molecule has 0 aliphatic carbocycles. The third-order valence-electron chi connectivity index (χ3n) is 4.21. The first-order valence-corrected chi connectivity index (χ1v) is 10.0. The van der Waals surface area contributed by atoms with Crippen molar-refractivity contribution in [2.75, 3.05) is 17.5 Å². The molecule has 0 heterocycles. The minimum Gasteiger partial charge on any atom is -0.481 e. The molecule has 0 atom stereocenters. The maximum absolute atomic E-state index is 13.4. The monoisotopic (exact) mass is 402 g/mol. The molecule has 1 N–H and O–H groups in total. The van der Waals surface area contributed by atoms with Gasteiger partial charge in [-0.25, -0.2) is 13.2 Å². The standard InChI is InChI=1S/C20H22N2O5S/c1-14-5-8-17(9-6-14)22(12-4-11-21)28(25,26)18-10-7-15(2)20(16(18)3)27-13-19(23)24/h5-10H,4,12-13H2,1-3H3,(H,23,24). The third kappa shape index (κ3) is 4.61. The second-order valence-corrected chi connectivity index (χ2v) is 8.17. The summed E-state index contributed by atoms with van der Waals surface area (Å²) < 4.78 is 33.3. The Kier molecular flexibility index (Phi) is 6.65. The van der Waals surface area contributed by atoms with Crippen LogP contribution < -0.4 is 9.04 Å². The van der Waals surface area contributed by atoms with Gasteiger partial charge in [-0.15, -0.1) is 0 Å². The molecule has 28 heavy (non-hydrogen) atoms. The molecule has 0 saturated carbocycles. The van der Waals surface area contributed by atoms with E-state index < -0.39 is 22.6 Å². The number of benzene rings is 2. The number of anilines is 1. The molecule has 0 unspecified atom stereocenters. The van der Waals surface area contributed by atoms with Crippen LogP contribution in [0.15, 0.2) is 41.3 Å². The van der Waals surface area contributed by atoms with Crippen molar-refractivity contribution in [1.29, 1.82) is 5.26 Å². The van der Waals surface area contributed by atoms with Gasteiger partial charge in [0.25, 0.3) is 10.0 Å². The summed E-state index contributed by atoms with van der Waals surface area (Å²) in [4.78, 5) is 10.8. The van der Waals surface area contributed by atoms with Crippen molar-refractivity contribution in [3.05, 3.63) is 53.1 Å². The van der Waals surface area contributed by atoms with Crippen LogP contribution in [0.25, 0.3) is 0 Å². The Labute approximate surface area is 164 Å². The number of nitrogens with zero attached hydrogens (tertiary/aromatic N) is 2. The second kappa shape index (κ2) is 8.76. The maximum Gasteiger partial charge on any atom is 0.341 e. The number of aryl methyl sites for hydroxylation is 2. The molecule has 0 aromatic heterocycles. The molecule has 8 heteroatoms. The predicted octanol–water partition coefficient (Wildman–Crippen LogP) is 3.18. The number of ether oxygens (including phenoxy) is 1. The molecule has 0 bridgehead atoms. The van der Waals surface area contributed by atoms with Crippen LogP contribution in [0.1, 0.15) is 23.1 Å². The number of nitriles is 1. The number of aliphatic carboxylic acids is 1. The molecule has 148 valence electrons. The Bertz CT molecular complexity index is 1010. The van der Waals surface area contributed by atoms with Crippen LogP contribution in [0.4, 0.5) is 5.69 Å². The average molecular weight is 402 g/mol. The van der Waals surface area contributed by atoms with Gasteiger partial charge in [-0.1, -0.05) is 23.8 Å². The number of rotatable bonds is 8. The van der Waals surface area contributed by atoms with Gasteiger partial charge in [0.1, 0.15) is 5.75 Å². The molecule has 0 radical (unpaired) electrons. The zero-order chi connectivity index (χ0) is 20.9. The van der Waals surface area contributed by atoms with E-state index in [1.807, 2.05) is 13.0 Å². The second-order valence-electron chi connectivity index (χ2n) is 6.34. The summed E-state index contributed by atoms with van der Waals surface area (Å²) in [6, 6.07) is 12.0. The van der Waals surface area contributed by atoms with Gasteiger partial charge in [-0.2, -0.15) is 5.26 Å². The van der Waals surface area contributed by atoms with Crippen molar-refractivity contribution in [2.45, 2.75) is 32.1 Å². The predicted molar refractivity (Wildman–Crippen MR) is 105 cm³/mol. The summed E-state index contributed by atoms with van der Waals surface area (Å²) in [5.41, 5.74) is 2.40. The molecular formula is C20H22N2O5S. The lowest BCUT2D eigenvalue weighted by Crippen LogP contribution is -2.32. The van der Waals surface area contributed by atoms with E-state index >= 15 is 0 Å². The van der Waals surface area contributed by atoms with Crippen LogP contribution in [0.5, 0.6) is 5.75 Å². The molecule has 0 fully saturated rings. The fraction of sp³-hybridized carbons (Fsp3) is 0.300. The number of hydrogen-bond donors (Lipinski definition) is 1. The highest BCUT2D eigenvalue weighted by Crippen LogP contribution is 2.32. The van der Waals surface area contributed by atoms with Crippen LogP contribution in [-0.2, 0) is 14.8 Å². The Balaban J connectivity index is 2.55. The van der Waals surface area contributed by atoms with Gasteiger partial charge in [0.05, 0.1) is 23.1 Å². The van der Waals surface area contributed by atoms with E-state index in [1.54, 1.807) is 44.2 Å². The summed E-state index contributed by atoms with van der Waals surface area (Å²) in [5, 5.41) is 17.8. The van der Waals surface area contributed by atoms with Gasteiger partial charge >= 0.3 is 5.97 Å². The molecule has 7 nitrogen and oxygen atoms in total. The topological polar surface area (TPSA) is 108 Å². The van der Waals surface area contributed by atoms with Crippen LogP contribution >= 0.6 is 0 Å². The van der Waals surface area contributed by atoms with Crippen molar-refractivity contribution < 1.29 is 23.1 Å². The lowest BCUT2D eigenvalue weighted by molar-refractivity contribution is -0.139. The van der Waals surface area contributed by atoms with E-state index in [0.717, 1.165) is 5.56 Å². The number of hydrogen-bond acceptors (Lipinski definition) is 5. The molecule has 2 aromatic carbocycles. The van der Waals surface area contributed by atoms with E-state index in [1.165, 1.54) is 10.4 Å². The van der Waals surface area contributed by atoms with Gasteiger partial charge in [0, 0.05) is 12.1 Å². The van der Waals surface area contributed by atoms with Crippen molar-refractivity contribution in [3.8, 4) is 11.8 Å². The summed E-state index contributed by atoms with van der Waals surface area (Å²) in [7, 11) is -3.99. The highest BCUT2D eigenvalue weighted by atomic mass is 32.2. The molecule has 0 saturated heterocycles. The molecule has 0 aliphatic heterocycles. The maximum atomic E-state index is 13.4. The van der Waals surface area contributed by atoms with Crippen LogP contribution in [0.3, 0.4) is 0 Å². The molecule has 2 rings (SSSR count). The first-order chi connectivity index (χ1) is 13.2. The van der Waals surface area contributed by atoms with Crippen molar-refractivity contribution in [2.24, 2.45) is 0 Å². The smallest absolute Gasteiger partial charge is 0.341 e. The number of carboxylic acid groups (broad SMARTS) is 1. The fourth-order valence-electron chi connectivity index (χ4n) is 2.81. The van der Waals surface area contributed by atoms with Gasteiger partial charge in [0.15, 0.2) is 6.61 Å². The summed E-state index contributed by atoms with van der Waals surface area (Å²) >= 11 is 0. The van der Waals surface area contributed by atoms with Gasteiger partial charge < -0.3 is 9.84 Å². The lowest BCUT2D eigenvalue weighted by Gasteiger charge is -2.25. The minimum atomic E-state index is -3.99. The number of carboxylic acids is 1. The lowest BCUT2D eigenvalue weighted by atomic mass is 10.1. The number of sulfonamides is 1. The van der Waals surface area contributed by atoms with Crippen molar-refractivity contribution >= 4 is 21.7 Å². The molecule has 0 spiro atoms. The molecule has 2 aromatic rings. The van der Waals surface area contributed by atoms with E-state index in [2.05, 4.69) is 0 Å². The van der Waals surface area contributed by atoms with E-state index in [4.69, 9.17) is 15.1 Å². The zero-order valence-electron chi connectivity index (χ0n) is 16.0. The zero-order valence-corrected chi connectivity index (χ0v) is 16.8.